The molecular weight excluding hydrogens is 260 g/mol. The zero-order valence-corrected chi connectivity index (χ0v) is 11.7. The summed E-state index contributed by atoms with van der Waals surface area (Å²) in [5.41, 5.74) is 2.01. The van der Waals surface area contributed by atoms with Crippen LogP contribution in [-0.4, -0.2) is 17.6 Å². The van der Waals surface area contributed by atoms with E-state index in [2.05, 4.69) is 10.3 Å². The fourth-order valence-corrected chi connectivity index (χ4v) is 2.40. The first-order valence-electron chi connectivity index (χ1n) is 6.10. The average Bonchev–Trinajstić information content (AvgIpc) is 2.90. The van der Waals surface area contributed by atoms with Crippen LogP contribution >= 0.6 is 11.3 Å². The number of carbonyl (C=O) groups is 1. The van der Waals surface area contributed by atoms with E-state index in [-0.39, 0.29) is 5.97 Å². The number of carbonyl (C=O) groups excluding carboxylic acids is 1. The van der Waals surface area contributed by atoms with Crippen molar-refractivity contribution in [2.45, 2.75) is 19.9 Å². The van der Waals surface area contributed by atoms with Gasteiger partial charge in [-0.3, -0.25) is 0 Å². The van der Waals surface area contributed by atoms with Crippen LogP contribution in [0.4, 0.5) is 5.69 Å². The summed E-state index contributed by atoms with van der Waals surface area (Å²) < 4.78 is 5.10. The number of nitrogens with one attached hydrogen (secondary N) is 1. The van der Waals surface area contributed by atoms with Crippen molar-refractivity contribution in [3.05, 3.63) is 46.4 Å². The maximum absolute atomic E-state index is 12.0. The molecule has 19 heavy (non-hydrogen) atoms. The second kappa shape index (κ2) is 6.33. The number of rotatable bonds is 5. The third-order valence-electron chi connectivity index (χ3n) is 2.55. The van der Waals surface area contributed by atoms with Crippen LogP contribution < -0.4 is 5.32 Å². The molecule has 1 aromatic heterocycles. The summed E-state index contributed by atoms with van der Waals surface area (Å²) >= 11 is 1.43. The Morgan fingerprint density at radius 1 is 1.53 bits per heavy atom. The van der Waals surface area contributed by atoms with Gasteiger partial charge in [-0.2, -0.15) is 0 Å². The smallest absolute Gasteiger partial charge is 0.335 e. The SMILES string of the molecule is CCOC(=O)C(Nc1cccc(C)c1)c1nccs1. The van der Waals surface area contributed by atoms with Crippen LogP contribution in [0.1, 0.15) is 23.5 Å². The molecule has 0 amide bonds. The van der Waals surface area contributed by atoms with E-state index in [0.29, 0.717) is 11.6 Å². The molecule has 2 aromatic rings. The molecule has 0 saturated heterocycles. The summed E-state index contributed by atoms with van der Waals surface area (Å²) in [6.45, 7) is 4.16. The van der Waals surface area contributed by atoms with Crippen LogP contribution in [-0.2, 0) is 9.53 Å². The predicted molar refractivity (Wildman–Crippen MR) is 76.3 cm³/mol. The number of benzene rings is 1. The number of aromatic nitrogens is 1. The highest BCUT2D eigenvalue weighted by atomic mass is 32.1. The van der Waals surface area contributed by atoms with E-state index < -0.39 is 6.04 Å². The van der Waals surface area contributed by atoms with Crippen LogP contribution in [0.25, 0.3) is 0 Å². The van der Waals surface area contributed by atoms with E-state index in [0.717, 1.165) is 11.3 Å². The van der Waals surface area contributed by atoms with Gasteiger partial charge in [0.1, 0.15) is 5.01 Å². The van der Waals surface area contributed by atoms with Gasteiger partial charge in [0.05, 0.1) is 6.61 Å². The molecule has 1 N–H and O–H groups in total. The van der Waals surface area contributed by atoms with Gasteiger partial charge in [0.2, 0.25) is 0 Å². The Bertz CT molecular complexity index is 540. The Hall–Kier alpha value is -1.88. The molecule has 100 valence electrons. The Morgan fingerprint density at radius 3 is 3.00 bits per heavy atom. The summed E-state index contributed by atoms with van der Waals surface area (Å²) in [5.74, 6) is -0.307. The van der Waals surface area contributed by atoms with E-state index in [9.17, 15) is 4.79 Å². The fourth-order valence-electron chi connectivity index (χ4n) is 1.73. The van der Waals surface area contributed by atoms with Gasteiger partial charge in [-0.15, -0.1) is 11.3 Å². The van der Waals surface area contributed by atoms with Crippen LogP contribution in [0.5, 0.6) is 0 Å². The topological polar surface area (TPSA) is 51.2 Å². The number of aryl methyl sites for hydroxylation is 1. The Kier molecular flexibility index (Phi) is 4.52. The monoisotopic (exact) mass is 276 g/mol. The van der Waals surface area contributed by atoms with Crippen molar-refractivity contribution in [3.8, 4) is 0 Å². The zero-order chi connectivity index (χ0) is 13.7. The number of thiazole rings is 1. The normalized spacial score (nSPS) is 11.9. The number of anilines is 1. The van der Waals surface area contributed by atoms with Crippen molar-refractivity contribution >= 4 is 23.0 Å². The Balaban J connectivity index is 2.21. The van der Waals surface area contributed by atoms with Crippen molar-refractivity contribution in [1.29, 1.82) is 0 Å². The van der Waals surface area contributed by atoms with Crippen LogP contribution in [0, 0.1) is 6.92 Å². The van der Waals surface area contributed by atoms with Gasteiger partial charge in [-0.05, 0) is 31.5 Å². The first kappa shape index (κ1) is 13.5. The van der Waals surface area contributed by atoms with E-state index in [1.54, 1.807) is 13.1 Å². The Labute approximate surface area is 116 Å². The molecule has 0 aliphatic rings. The Morgan fingerprint density at radius 2 is 2.37 bits per heavy atom. The molecule has 0 bridgehead atoms. The van der Waals surface area contributed by atoms with E-state index >= 15 is 0 Å². The van der Waals surface area contributed by atoms with Crippen molar-refractivity contribution < 1.29 is 9.53 Å². The molecule has 4 nitrogen and oxygen atoms in total. The predicted octanol–water partition coefficient (Wildman–Crippen LogP) is 3.17. The highest BCUT2D eigenvalue weighted by molar-refractivity contribution is 7.09. The van der Waals surface area contributed by atoms with E-state index in [4.69, 9.17) is 4.74 Å². The van der Waals surface area contributed by atoms with E-state index in [1.807, 2.05) is 36.6 Å². The van der Waals surface area contributed by atoms with Gasteiger partial charge < -0.3 is 10.1 Å². The molecule has 1 aromatic carbocycles. The third-order valence-corrected chi connectivity index (χ3v) is 3.39. The second-order valence-electron chi connectivity index (χ2n) is 4.07. The highest BCUT2D eigenvalue weighted by Crippen LogP contribution is 2.23. The third kappa shape index (κ3) is 3.54. The molecule has 0 spiro atoms. The average molecular weight is 276 g/mol. The fraction of sp³-hybridized carbons (Fsp3) is 0.286. The van der Waals surface area contributed by atoms with Crippen molar-refractivity contribution in [2.75, 3.05) is 11.9 Å². The molecule has 0 aliphatic heterocycles. The number of esters is 1. The van der Waals surface area contributed by atoms with Gasteiger partial charge in [0, 0.05) is 17.3 Å². The van der Waals surface area contributed by atoms with Gasteiger partial charge in [0.15, 0.2) is 6.04 Å². The summed E-state index contributed by atoms with van der Waals surface area (Å²) in [5, 5.41) is 5.74. The molecule has 0 saturated carbocycles. The summed E-state index contributed by atoms with van der Waals surface area (Å²) in [6.07, 6.45) is 1.68. The van der Waals surface area contributed by atoms with Crippen molar-refractivity contribution in [1.82, 2.24) is 4.98 Å². The lowest BCUT2D eigenvalue weighted by Crippen LogP contribution is -2.23. The maximum Gasteiger partial charge on any atom is 0.335 e. The lowest BCUT2D eigenvalue weighted by atomic mass is 10.2. The number of nitrogens with zero attached hydrogens (tertiary/aromatic N) is 1. The molecule has 2 rings (SSSR count). The zero-order valence-electron chi connectivity index (χ0n) is 10.9. The summed E-state index contributed by atoms with van der Waals surface area (Å²) in [6, 6.07) is 7.31. The molecule has 0 radical (unpaired) electrons. The van der Waals surface area contributed by atoms with Crippen molar-refractivity contribution in [2.24, 2.45) is 0 Å². The maximum atomic E-state index is 12.0. The lowest BCUT2D eigenvalue weighted by molar-refractivity contribution is -0.144. The quantitative estimate of drug-likeness (QED) is 0.852. The molecule has 1 heterocycles. The first-order valence-corrected chi connectivity index (χ1v) is 6.98. The summed E-state index contributed by atoms with van der Waals surface area (Å²) in [7, 11) is 0. The largest absolute Gasteiger partial charge is 0.464 e. The molecule has 0 fully saturated rings. The van der Waals surface area contributed by atoms with Crippen molar-refractivity contribution in [3.63, 3.8) is 0 Å². The highest BCUT2D eigenvalue weighted by Gasteiger charge is 2.24. The standard InChI is InChI=1S/C14H16N2O2S/c1-3-18-14(17)12(13-15-7-8-19-13)16-11-6-4-5-10(2)9-11/h4-9,12,16H,3H2,1-2H3. The molecule has 1 atom stereocenters. The molecule has 0 aliphatic carbocycles. The lowest BCUT2D eigenvalue weighted by Gasteiger charge is -2.16. The van der Waals surface area contributed by atoms with Gasteiger partial charge in [0.25, 0.3) is 0 Å². The van der Waals surface area contributed by atoms with Gasteiger partial charge >= 0.3 is 5.97 Å². The molecule has 5 heteroatoms. The number of hydrogen-bond acceptors (Lipinski definition) is 5. The van der Waals surface area contributed by atoms with E-state index in [1.165, 1.54) is 11.3 Å². The minimum atomic E-state index is -0.554. The second-order valence-corrected chi connectivity index (χ2v) is 5.00. The first-order chi connectivity index (χ1) is 9.20. The van der Waals surface area contributed by atoms with Gasteiger partial charge in [-0.25, -0.2) is 9.78 Å². The number of ether oxygens (including phenoxy) is 1. The van der Waals surface area contributed by atoms with Crippen LogP contribution in [0.2, 0.25) is 0 Å². The molecule has 1 unspecified atom stereocenters. The summed E-state index contributed by atoms with van der Waals surface area (Å²) in [4.78, 5) is 16.2. The minimum Gasteiger partial charge on any atom is -0.464 e. The van der Waals surface area contributed by atoms with Gasteiger partial charge in [-0.1, -0.05) is 12.1 Å². The van der Waals surface area contributed by atoms with Crippen LogP contribution in [0.3, 0.4) is 0 Å². The number of hydrogen-bond donors (Lipinski definition) is 1. The minimum absolute atomic E-state index is 0.307. The van der Waals surface area contributed by atoms with Crippen LogP contribution in [0.15, 0.2) is 35.8 Å². The molecular formula is C14H16N2O2S.